The Morgan fingerprint density at radius 2 is 2.15 bits per heavy atom. The molecular formula is C17H25N3. The first-order chi connectivity index (χ1) is 9.79. The molecule has 1 saturated heterocycles. The molecule has 0 saturated carbocycles. The molecule has 0 radical (unpaired) electrons. The van der Waals surface area contributed by atoms with Crippen molar-refractivity contribution in [2.45, 2.75) is 44.8 Å². The second-order valence-electron chi connectivity index (χ2n) is 5.98. The quantitative estimate of drug-likeness (QED) is 0.927. The molecule has 1 atom stereocenters. The number of fused-ring (bicyclic) bond motifs is 1. The number of hydrogen-bond acceptors (Lipinski definition) is 2. The highest BCUT2D eigenvalue weighted by molar-refractivity contribution is 5.83. The Labute approximate surface area is 121 Å². The van der Waals surface area contributed by atoms with Gasteiger partial charge in [0, 0.05) is 36.2 Å². The smallest absolute Gasteiger partial charge is 0.0483 e. The van der Waals surface area contributed by atoms with E-state index in [1.807, 2.05) is 0 Å². The first kappa shape index (κ1) is 13.7. The number of rotatable bonds is 4. The van der Waals surface area contributed by atoms with Crippen LogP contribution >= 0.6 is 0 Å². The van der Waals surface area contributed by atoms with Crippen LogP contribution in [0.5, 0.6) is 0 Å². The predicted molar refractivity (Wildman–Crippen MR) is 84.7 cm³/mol. The number of piperidine rings is 1. The molecule has 2 heterocycles. The van der Waals surface area contributed by atoms with Gasteiger partial charge in [-0.25, -0.2) is 0 Å². The van der Waals surface area contributed by atoms with Crippen LogP contribution in [0, 0.1) is 0 Å². The van der Waals surface area contributed by atoms with E-state index in [4.69, 9.17) is 5.73 Å². The number of nitrogens with zero attached hydrogens (tertiary/aromatic N) is 2. The van der Waals surface area contributed by atoms with Crippen molar-refractivity contribution in [2.24, 2.45) is 5.73 Å². The molecular weight excluding hydrogens is 246 g/mol. The van der Waals surface area contributed by atoms with Crippen molar-refractivity contribution in [3.8, 4) is 0 Å². The summed E-state index contributed by atoms with van der Waals surface area (Å²) < 4.78 is 2.39. The normalized spacial score (nSPS) is 20.6. The summed E-state index contributed by atoms with van der Waals surface area (Å²) in [5.74, 6) is 0. The van der Waals surface area contributed by atoms with Gasteiger partial charge in [-0.1, -0.05) is 18.6 Å². The number of aromatic nitrogens is 1. The minimum Gasteiger partial charge on any atom is -0.347 e. The van der Waals surface area contributed by atoms with Gasteiger partial charge in [-0.3, -0.25) is 0 Å². The molecule has 1 fully saturated rings. The van der Waals surface area contributed by atoms with Crippen LogP contribution in [0.2, 0.25) is 0 Å². The Morgan fingerprint density at radius 3 is 2.95 bits per heavy atom. The molecule has 3 heteroatoms. The number of nitrogens with two attached hydrogens (primary N) is 1. The van der Waals surface area contributed by atoms with E-state index >= 15 is 0 Å². The van der Waals surface area contributed by atoms with Crippen molar-refractivity contribution in [2.75, 3.05) is 13.6 Å². The highest BCUT2D eigenvalue weighted by Gasteiger charge is 2.18. The molecule has 0 spiro atoms. The third-order valence-corrected chi connectivity index (χ3v) is 4.75. The van der Waals surface area contributed by atoms with E-state index < -0.39 is 0 Å². The van der Waals surface area contributed by atoms with Gasteiger partial charge >= 0.3 is 0 Å². The fourth-order valence-corrected chi connectivity index (χ4v) is 3.46. The van der Waals surface area contributed by atoms with Crippen LogP contribution in [-0.4, -0.2) is 29.1 Å². The lowest BCUT2D eigenvalue weighted by Gasteiger charge is -2.32. The van der Waals surface area contributed by atoms with Gasteiger partial charge in [0.1, 0.15) is 0 Å². The maximum atomic E-state index is 5.82. The third-order valence-electron chi connectivity index (χ3n) is 4.75. The van der Waals surface area contributed by atoms with Gasteiger partial charge in [-0.2, -0.15) is 0 Å². The zero-order valence-electron chi connectivity index (χ0n) is 12.4. The lowest BCUT2D eigenvalue weighted by molar-refractivity contribution is 0.171. The molecule has 0 amide bonds. The van der Waals surface area contributed by atoms with Crippen molar-refractivity contribution in [3.63, 3.8) is 0 Å². The second-order valence-corrected chi connectivity index (χ2v) is 5.98. The summed E-state index contributed by atoms with van der Waals surface area (Å²) in [7, 11) is 2.27. The molecule has 108 valence electrons. The van der Waals surface area contributed by atoms with Crippen molar-refractivity contribution >= 4 is 10.9 Å². The molecule has 1 aromatic carbocycles. The van der Waals surface area contributed by atoms with Gasteiger partial charge in [0.2, 0.25) is 0 Å². The molecule has 0 aliphatic carbocycles. The highest BCUT2D eigenvalue weighted by atomic mass is 15.1. The highest BCUT2D eigenvalue weighted by Crippen LogP contribution is 2.23. The van der Waals surface area contributed by atoms with Gasteiger partial charge in [0.05, 0.1) is 0 Å². The summed E-state index contributed by atoms with van der Waals surface area (Å²) in [6, 6.07) is 9.41. The zero-order valence-corrected chi connectivity index (χ0v) is 12.4. The topological polar surface area (TPSA) is 34.2 Å². The number of aryl methyl sites for hydroxylation is 1. The first-order valence-corrected chi connectivity index (χ1v) is 7.76. The van der Waals surface area contributed by atoms with Gasteiger partial charge in [0.15, 0.2) is 0 Å². The standard InChI is InChI=1S/C17H25N3/c1-19-10-3-2-6-15(19)8-11-20-12-9-16-14(13-18)5-4-7-17(16)20/h4-5,7,9,12,15H,2-3,6,8,10-11,13,18H2,1H3. The van der Waals surface area contributed by atoms with E-state index in [-0.39, 0.29) is 0 Å². The molecule has 1 aliphatic heterocycles. The van der Waals surface area contributed by atoms with Crippen LogP contribution in [-0.2, 0) is 13.1 Å². The number of hydrogen-bond donors (Lipinski definition) is 1. The molecule has 0 bridgehead atoms. The lowest BCUT2D eigenvalue weighted by Crippen LogP contribution is -2.36. The Morgan fingerprint density at radius 1 is 1.25 bits per heavy atom. The summed E-state index contributed by atoms with van der Waals surface area (Å²) in [6.07, 6.45) is 7.56. The molecule has 1 aromatic heterocycles. The van der Waals surface area contributed by atoms with Gasteiger partial charge in [-0.05, 0) is 50.6 Å². The molecule has 20 heavy (non-hydrogen) atoms. The Kier molecular flexibility index (Phi) is 4.08. The van der Waals surface area contributed by atoms with E-state index in [0.29, 0.717) is 6.54 Å². The Balaban J connectivity index is 1.74. The summed E-state index contributed by atoms with van der Waals surface area (Å²) in [5, 5.41) is 1.31. The van der Waals surface area contributed by atoms with Crippen LogP contribution in [0.1, 0.15) is 31.2 Å². The first-order valence-electron chi connectivity index (χ1n) is 7.76. The maximum absolute atomic E-state index is 5.82. The average molecular weight is 271 g/mol. The Bertz CT molecular complexity index is 573. The molecule has 1 aliphatic rings. The van der Waals surface area contributed by atoms with Crippen LogP contribution in [0.4, 0.5) is 0 Å². The molecule has 3 rings (SSSR count). The predicted octanol–water partition coefficient (Wildman–Crippen LogP) is 2.97. The fraction of sp³-hybridized carbons (Fsp3) is 0.529. The third kappa shape index (κ3) is 2.60. The van der Waals surface area contributed by atoms with E-state index in [1.165, 1.54) is 48.7 Å². The fourth-order valence-electron chi connectivity index (χ4n) is 3.46. The molecule has 3 nitrogen and oxygen atoms in total. The zero-order chi connectivity index (χ0) is 13.9. The van der Waals surface area contributed by atoms with Gasteiger partial charge < -0.3 is 15.2 Å². The SMILES string of the molecule is CN1CCCCC1CCn1ccc2c(CN)cccc21. The summed E-state index contributed by atoms with van der Waals surface area (Å²) >= 11 is 0. The largest absolute Gasteiger partial charge is 0.347 e. The summed E-state index contributed by atoms with van der Waals surface area (Å²) in [4.78, 5) is 2.53. The molecule has 2 N–H and O–H groups in total. The summed E-state index contributed by atoms with van der Waals surface area (Å²) in [5.41, 5.74) is 8.39. The van der Waals surface area contributed by atoms with Crippen molar-refractivity contribution in [3.05, 3.63) is 36.0 Å². The second kappa shape index (κ2) is 5.98. The minimum atomic E-state index is 0.618. The number of benzene rings is 1. The molecule has 2 aromatic rings. The van der Waals surface area contributed by atoms with E-state index in [2.05, 4.69) is 47.0 Å². The Hall–Kier alpha value is -1.32. The average Bonchev–Trinajstić information content (AvgIpc) is 2.89. The van der Waals surface area contributed by atoms with Gasteiger partial charge in [0.25, 0.3) is 0 Å². The molecule has 1 unspecified atom stereocenters. The number of likely N-dealkylation sites (tertiary alicyclic amines) is 1. The van der Waals surface area contributed by atoms with Gasteiger partial charge in [-0.15, -0.1) is 0 Å². The van der Waals surface area contributed by atoms with Crippen LogP contribution in [0.25, 0.3) is 10.9 Å². The van der Waals surface area contributed by atoms with Crippen LogP contribution in [0.15, 0.2) is 30.5 Å². The maximum Gasteiger partial charge on any atom is 0.0483 e. The van der Waals surface area contributed by atoms with Crippen LogP contribution < -0.4 is 5.73 Å². The van der Waals surface area contributed by atoms with E-state index in [0.717, 1.165) is 12.6 Å². The van der Waals surface area contributed by atoms with Crippen molar-refractivity contribution in [1.82, 2.24) is 9.47 Å². The van der Waals surface area contributed by atoms with Crippen molar-refractivity contribution < 1.29 is 0 Å². The van der Waals surface area contributed by atoms with E-state index in [9.17, 15) is 0 Å². The van der Waals surface area contributed by atoms with Crippen LogP contribution in [0.3, 0.4) is 0 Å². The van der Waals surface area contributed by atoms with Crippen molar-refractivity contribution in [1.29, 1.82) is 0 Å². The minimum absolute atomic E-state index is 0.618. The van der Waals surface area contributed by atoms with E-state index in [1.54, 1.807) is 0 Å². The summed E-state index contributed by atoms with van der Waals surface area (Å²) in [6.45, 7) is 2.98. The lowest BCUT2D eigenvalue weighted by atomic mass is 10.0. The monoisotopic (exact) mass is 271 g/mol.